The molecule has 1 aromatic carbocycles. The number of nitrogens with zero attached hydrogens (tertiary/aromatic N) is 2. The molecule has 3 rings (SSSR count). The topological polar surface area (TPSA) is 46.3 Å². The van der Waals surface area contributed by atoms with E-state index in [9.17, 15) is 4.79 Å². The summed E-state index contributed by atoms with van der Waals surface area (Å²) < 4.78 is 5.69. The molecule has 0 unspecified atom stereocenters. The Morgan fingerprint density at radius 3 is 2.81 bits per heavy atom. The number of thioether (sulfide) groups is 1. The highest BCUT2D eigenvalue weighted by molar-refractivity contribution is 8.19. The molecule has 1 fully saturated rings. The monoisotopic (exact) mass is 316 g/mol. The highest BCUT2D eigenvalue weighted by Crippen LogP contribution is 2.33. The lowest BCUT2D eigenvalue weighted by molar-refractivity contribution is 0.247. The second-order valence-corrected chi connectivity index (χ2v) is 5.74. The van der Waals surface area contributed by atoms with Crippen molar-refractivity contribution >= 4 is 40.3 Å². The van der Waals surface area contributed by atoms with Crippen LogP contribution in [-0.2, 0) is 0 Å². The van der Waals surface area contributed by atoms with E-state index in [1.807, 2.05) is 37.3 Å². The standard InChI is InChI=1S/C15H12N2O2S2/c1-2-17-14(20)12(21-15(17)18)8-11-9-16-13(19-11)10-6-4-3-5-7-10/h3-9H,2H2,1H3/b12-8+. The quantitative estimate of drug-likeness (QED) is 0.627. The largest absolute Gasteiger partial charge is 0.437 e. The molecular weight excluding hydrogens is 304 g/mol. The minimum Gasteiger partial charge on any atom is -0.437 e. The zero-order valence-electron chi connectivity index (χ0n) is 11.3. The summed E-state index contributed by atoms with van der Waals surface area (Å²) in [5.41, 5.74) is 0.912. The van der Waals surface area contributed by atoms with Gasteiger partial charge in [0, 0.05) is 12.1 Å². The SMILES string of the molecule is CCN1C(=O)S/C(=C/c2cnc(-c3ccccc3)o2)C1=S. The molecule has 6 heteroatoms. The van der Waals surface area contributed by atoms with Crippen molar-refractivity contribution in [3.8, 4) is 11.5 Å². The molecule has 4 nitrogen and oxygen atoms in total. The summed E-state index contributed by atoms with van der Waals surface area (Å²) in [6.07, 6.45) is 3.40. The van der Waals surface area contributed by atoms with Crippen LogP contribution in [-0.4, -0.2) is 26.7 Å². The van der Waals surface area contributed by atoms with E-state index in [1.165, 1.54) is 0 Å². The molecule has 0 bridgehead atoms. The van der Waals surface area contributed by atoms with Gasteiger partial charge in [0.15, 0.2) is 0 Å². The van der Waals surface area contributed by atoms with Gasteiger partial charge in [-0.1, -0.05) is 30.4 Å². The summed E-state index contributed by atoms with van der Waals surface area (Å²) in [5.74, 6) is 1.14. The number of benzene rings is 1. The van der Waals surface area contributed by atoms with Crippen molar-refractivity contribution in [1.29, 1.82) is 0 Å². The fraction of sp³-hybridized carbons (Fsp3) is 0.133. The fourth-order valence-electron chi connectivity index (χ4n) is 1.97. The Bertz CT molecular complexity index is 722. The van der Waals surface area contributed by atoms with E-state index in [2.05, 4.69) is 4.98 Å². The molecule has 1 saturated heterocycles. The number of likely N-dealkylation sites (N-methyl/N-ethyl adjacent to an activating group) is 1. The first-order valence-corrected chi connectivity index (χ1v) is 7.68. The minimum absolute atomic E-state index is 0.0449. The van der Waals surface area contributed by atoms with E-state index in [0.717, 1.165) is 22.2 Å². The van der Waals surface area contributed by atoms with Crippen LogP contribution < -0.4 is 0 Å². The van der Waals surface area contributed by atoms with Gasteiger partial charge in [0.1, 0.15) is 10.7 Å². The lowest BCUT2D eigenvalue weighted by Crippen LogP contribution is -2.26. The van der Waals surface area contributed by atoms with E-state index in [1.54, 1.807) is 17.2 Å². The number of oxazole rings is 1. The van der Waals surface area contributed by atoms with E-state index >= 15 is 0 Å². The molecular formula is C15H12N2O2S2. The first kappa shape index (κ1) is 14.0. The predicted octanol–water partition coefficient (Wildman–Crippen LogP) is 4.20. The van der Waals surface area contributed by atoms with Crippen molar-refractivity contribution in [2.24, 2.45) is 0 Å². The van der Waals surface area contributed by atoms with Crippen LogP contribution >= 0.6 is 24.0 Å². The van der Waals surface area contributed by atoms with Crippen LogP contribution in [0.2, 0.25) is 0 Å². The molecule has 2 aromatic rings. The third-order valence-corrected chi connectivity index (χ3v) is 4.50. The van der Waals surface area contributed by atoms with Crippen LogP contribution in [0.15, 0.2) is 45.9 Å². The van der Waals surface area contributed by atoms with Gasteiger partial charge in [-0.2, -0.15) is 0 Å². The maximum atomic E-state index is 11.8. The third kappa shape index (κ3) is 2.77. The zero-order chi connectivity index (χ0) is 14.8. The van der Waals surface area contributed by atoms with Gasteiger partial charge >= 0.3 is 0 Å². The number of hydrogen-bond acceptors (Lipinski definition) is 5. The summed E-state index contributed by atoms with van der Waals surface area (Å²) in [6, 6.07) is 9.66. The minimum atomic E-state index is -0.0449. The number of rotatable bonds is 3. The smallest absolute Gasteiger partial charge is 0.291 e. The molecule has 0 aliphatic carbocycles. The molecule has 0 atom stereocenters. The van der Waals surface area contributed by atoms with Gasteiger partial charge in [0.05, 0.1) is 11.1 Å². The van der Waals surface area contributed by atoms with Gasteiger partial charge < -0.3 is 4.42 Å². The first-order valence-electron chi connectivity index (χ1n) is 6.45. The number of amides is 1. The van der Waals surface area contributed by atoms with E-state index in [4.69, 9.17) is 16.6 Å². The molecule has 0 N–H and O–H groups in total. The van der Waals surface area contributed by atoms with Crippen LogP contribution in [0.25, 0.3) is 17.5 Å². The van der Waals surface area contributed by atoms with Crippen molar-refractivity contribution < 1.29 is 9.21 Å². The van der Waals surface area contributed by atoms with Gasteiger partial charge in [-0.25, -0.2) is 4.98 Å². The Morgan fingerprint density at radius 1 is 1.38 bits per heavy atom. The van der Waals surface area contributed by atoms with Crippen LogP contribution in [0.5, 0.6) is 0 Å². The summed E-state index contributed by atoms with van der Waals surface area (Å²) in [4.78, 5) is 18.9. The van der Waals surface area contributed by atoms with Crippen molar-refractivity contribution in [3.05, 3.63) is 47.2 Å². The second-order valence-electron chi connectivity index (χ2n) is 4.36. The average Bonchev–Trinajstić information content (AvgIpc) is 3.06. The summed E-state index contributed by atoms with van der Waals surface area (Å²) in [5, 5.41) is -0.0449. The Balaban J connectivity index is 1.87. The van der Waals surface area contributed by atoms with Gasteiger partial charge in [0.2, 0.25) is 5.89 Å². The highest BCUT2D eigenvalue weighted by Gasteiger charge is 2.30. The number of carbonyl (C=O) groups is 1. The van der Waals surface area contributed by atoms with E-state index < -0.39 is 0 Å². The Kier molecular flexibility index (Phi) is 3.90. The number of aromatic nitrogens is 1. The molecule has 106 valence electrons. The molecule has 1 aromatic heterocycles. The van der Waals surface area contributed by atoms with Crippen molar-refractivity contribution in [2.75, 3.05) is 6.54 Å². The lowest BCUT2D eigenvalue weighted by Gasteiger charge is -2.09. The van der Waals surface area contributed by atoms with Gasteiger partial charge in [-0.3, -0.25) is 9.69 Å². The summed E-state index contributed by atoms with van der Waals surface area (Å²) >= 11 is 6.42. The van der Waals surface area contributed by atoms with Crippen molar-refractivity contribution in [3.63, 3.8) is 0 Å². The lowest BCUT2D eigenvalue weighted by atomic mass is 10.2. The molecule has 0 spiro atoms. The summed E-state index contributed by atoms with van der Waals surface area (Å²) in [7, 11) is 0. The highest BCUT2D eigenvalue weighted by atomic mass is 32.2. The third-order valence-electron chi connectivity index (χ3n) is 3.01. The maximum absolute atomic E-state index is 11.8. The molecule has 2 heterocycles. The fourth-order valence-corrected chi connectivity index (χ4v) is 3.31. The number of thiocarbonyl (C=S) groups is 1. The second kappa shape index (κ2) is 5.83. The number of hydrogen-bond donors (Lipinski definition) is 0. The van der Waals surface area contributed by atoms with Crippen LogP contribution in [0.3, 0.4) is 0 Å². The first-order chi connectivity index (χ1) is 10.2. The molecule has 1 aliphatic heterocycles. The summed E-state index contributed by atoms with van der Waals surface area (Å²) in [6.45, 7) is 2.48. The molecule has 21 heavy (non-hydrogen) atoms. The Labute approximate surface area is 131 Å². The molecule has 0 saturated carbocycles. The van der Waals surface area contributed by atoms with E-state index in [-0.39, 0.29) is 5.24 Å². The Morgan fingerprint density at radius 2 is 2.14 bits per heavy atom. The molecule has 0 radical (unpaired) electrons. The molecule has 1 aliphatic rings. The normalized spacial score (nSPS) is 17.0. The predicted molar refractivity (Wildman–Crippen MR) is 87.9 cm³/mol. The molecule has 1 amide bonds. The van der Waals surface area contributed by atoms with Crippen LogP contribution in [0.1, 0.15) is 12.7 Å². The van der Waals surface area contributed by atoms with Gasteiger partial charge in [-0.15, -0.1) is 0 Å². The maximum Gasteiger partial charge on any atom is 0.291 e. The van der Waals surface area contributed by atoms with Crippen LogP contribution in [0.4, 0.5) is 4.79 Å². The number of carbonyl (C=O) groups excluding carboxylic acids is 1. The van der Waals surface area contributed by atoms with E-state index in [0.29, 0.717) is 23.2 Å². The average molecular weight is 316 g/mol. The van der Waals surface area contributed by atoms with Crippen molar-refractivity contribution in [2.45, 2.75) is 6.92 Å². The van der Waals surface area contributed by atoms with Crippen molar-refractivity contribution in [1.82, 2.24) is 9.88 Å². The van der Waals surface area contributed by atoms with Gasteiger partial charge in [-0.05, 0) is 36.9 Å². The zero-order valence-corrected chi connectivity index (χ0v) is 12.9. The van der Waals surface area contributed by atoms with Crippen LogP contribution in [0, 0.1) is 0 Å². The Hall–Kier alpha value is -1.92. The van der Waals surface area contributed by atoms with Gasteiger partial charge in [0.25, 0.3) is 5.24 Å².